The van der Waals surface area contributed by atoms with Gasteiger partial charge in [0.1, 0.15) is 0 Å². The molecule has 0 aliphatic heterocycles. The van der Waals surface area contributed by atoms with E-state index in [1.54, 1.807) is 0 Å². The van der Waals surface area contributed by atoms with Crippen LogP contribution in [0.25, 0.3) is 0 Å². The molecule has 0 radical (unpaired) electrons. The molecule has 0 fully saturated rings. The van der Waals surface area contributed by atoms with Crippen LogP contribution in [0.3, 0.4) is 0 Å². The molecular formula is C27H22. The van der Waals surface area contributed by atoms with E-state index in [4.69, 9.17) is 0 Å². The van der Waals surface area contributed by atoms with Crippen LogP contribution >= 0.6 is 0 Å². The van der Waals surface area contributed by atoms with Gasteiger partial charge in [-0.05, 0) is 65.5 Å². The van der Waals surface area contributed by atoms with Crippen LogP contribution in [0.5, 0.6) is 0 Å². The molecule has 0 aromatic heterocycles. The summed E-state index contributed by atoms with van der Waals surface area (Å²) < 4.78 is 0. The molecule has 2 bridgehead atoms. The molecule has 0 nitrogen and oxygen atoms in total. The summed E-state index contributed by atoms with van der Waals surface area (Å²) >= 11 is 0. The van der Waals surface area contributed by atoms with Gasteiger partial charge in [-0.1, -0.05) is 96.9 Å². The Labute approximate surface area is 162 Å². The molecule has 0 atom stereocenters. The molecule has 0 aromatic rings. The van der Waals surface area contributed by atoms with E-state index in [2.05, 4.69) is 84.4 Å². The first-order valence-corrected chi connectivity index (χ1v) is 9.09. The van der Waals surface area contributed by atoms with Crippen molar-refractivity contribution in [2.24, 2.45) is 0 Å². The largest absolute Gasteiger partial charge is 0.0620 e. The summed E-state index contributed by atoms with van der Waals surface area (Å²) in [5, 5.41) is 0. The fraction of sp³-hybridized carbons (Fsp3) is 0.111. The third kappa shape index (κ3) is 5.78. The Balaban J connectivity index is 2.07. The molecule has 3 rings (SSSR count). The lowest BCUT2D eigenvalue weighted by molar-refractivity contribution is 1.20. The second-order valence-electron chi connectivity index (χ2n) is 6.54. The van der Waals surface area contributed by atoms with Gasteiger partial charge >= 0.3 is 0 Å². The van der Waals surface area contributed by atoms with Gasteiger partial charge in [0.15, 0.2) is 0 Å². The molecule has 0 unspecified atom stereocenters. The summed E-state index contributed by atoms with van der Waals surface area (Å²) in [6, 6.07) is 0. The lowest BCUT2D eigenvalue weighted by Gasteiger charge is -2.08. The minimum absolute atomic E-state index is 0.968. The van der Waals surface area contributed by atoms with Crippen LogP contribution in [-0.2, 0) is 0 Å². The predicted octanol–water partition coefficient (Wildman–Crippen LogP) is 6.25. The third-order valence-electron chi connectivity index (χ3n) is 4.25. The Morgan fingerprint density at radius 2 is 1.04 bits per heavy atom. The number of allylic oxidation sites excluding steroid dienone is 20. The summed E-state index contributed by atoms with van der Waals surface area (Å²) in [5.74, 6) is 11.9. The maximum atomic E-state index is 3.06. The summed E-state index contributed by atoms with van der Waals surface area (Å²) in [6.45, 7) is 3.99. The van der Waals surface area contributed by atoms with Crippen molar-refractivity contribution in [3.05, 3.63) is 119 Å². The maximum absolute atomic E-state index is 3.06. The molecule has 0 aromatic carbocycles. The van der Waals surface area contributed by atoms with Gasteiger partial charge in [-0.3, -0.25) is 0 Å². The lowest BCUT2D eigenvalue weighted by atomic mass is 9.97. The van der Waals surface area contributed by atoms with Crippen molar-refractivity contribution in [2.45, 2.75) is 20.3 Å². The molecular weight excluding hydrogens is 324 g/mol. The van der Waals surface area contributed by atoms with Gasteiger partial charge in [0.25, 0.3) is 0 Å². The molecule has 3 aliphatic carbocycles. The van der Waals surface area contributed by atoms with E-state index in [-0.39, 0.29) is 0 Å². The molecule has 0 saturated carbocycles. The van der Waals surface area contributed by atoms with Crippen LogP contribution < -0.4 is 0 Å². The number of fused-ring (bicyclic) bond motifs is 2. The SMILES string of the molecule is C/C1=C/C=C/C(=C2/C=C\C3=CC=CC=C(/C=C\2)C3)/C=C/C=C(/C)C#CC#C1. The van der Waals surface area contributed by atoms with Crippen molar-refractivity contribution in [1.29, 1.82) is 0 Å². The van der Waals surface area contributed by atoms with Crippen molar-refractivity contribution in [3.8, 4) is 23.7 Å². The average Bonchev–Trinajstić information content (AvgIpc) is 2.88. The van der Waals surface area contributed by atoms with Crippen LogP contribution in [0.4, 0.5) is 0 Å². The Morgan fingerprint density at radius 3 is 1.56 bits per heavy atom. The van der Waals surface area contributed by atoms with E-state index in [1.165, 1.54) is 16.7 Å². The molecule has 0 heterocycles. The normalized spacial score (nSPS) is 27.2. The molecule has 0 heteroatoms. The van der Waals surface area contributed by atoms with Crippen LogP contribution in [0.15, 0.2) is 119 Å². The Morgan fingerprint density at radius 1 is 0.556 bits per heavy atom. The number of hydrogen-bond donors (Lipinski definition) is 0. The minimum atomic E-state index is 0.968. The zero-order valence-corrected chi connectivity index (χ0v) is 15.8. The summed E-state index contributed by atoms with van der Waals surface area (Å²) in [5.41, 5.74) is 6.92. The van der Waals surface area contributed by atoms with Gasteiger partial charge in [-0.2, -0.15) is 0 Å². The Hall–Kier alpha value is -3.48. The van der Waals surface area contributed by atoms with Crippen molar-refractivity contribution in [2.75, 3.05) is 0 Å². The van der Waals surface area contributed by atoms with E-state index < -0.39 is 0 Å². The molecule has 27 heavy (non-hydrogen) atoms. The van der Waals surface area contributed by atoms with Gasteiger partial charge in [0.05, 0.1) is 0 Å². The minimum Gasteiger partial charge on any atom is -0.0620 e. The summed E-state index contributed by atoms with van der Waals surface area (Å²) in [4.78, 5) is 0. The molecule has 130 valence electrons. The van der Waals surface area contributed by atoms with Crippen molar-refractivity contribution in [3.63, 3.8) is 0 Å². The van der Waals surface area contributed by atoms with Crippen molar-refractivity contribution < 1.29 is 0 Å². The first-order valence-electron chi connectivity index (χ1n) is 9.09. The standard InChI is InChI=1S/C27H22/c1-22-9-3-4-10-23(2)12-8-16-26(15-7-11-22)27-19-17-24-13-5-6-14-25(21-24)18-20-27/h5-8,11-20H,21H2,1-2H3/b15-7+,16-8+,19-17-,20-18-,22-11-,23-12-. The van der Waals surface area contributed by atoms with E-state index in [0.29, 0.717) is 0 Å². The lowest BCUT2D eigenvalue weighted by Crippen LogP contribution is -1.89. The van der Waals surface area contributed by atoms with Crippen LogP contribution in [0.1, 0.15) is 20.3 Å². The molecule has 3 aliphatic rings. The highest BCUT2D eigenvalue weighted by molar-refractivity contribution is 5.54. The Bertz CT molecular complexity index is 959. The Kier molecular flexibility index (Phi) is 6.30. The fourth-order valence-electron chi connectivity index (χ4n) is 2.77. The molecule has 0 spiro atoms. The average molecular weight is 346 g/mol. The van der Waals surface area contributed by atoms with Crippen LogP contribution in [0.2, 0.25) is 0 Å². The highest BCUT2D eigenvalue weighted by atomic mass is 14.1. The third-order valence-corrected chi connectivity index (χ3v) is 4.25. The van der Waals surface area contributed by atoms with Gasteiger partial charge in [-0.15, -0.1) is 0 Å². The van der Waals surface area contributed by atoms with E-state index in [1.807, 2.05) is 38.2 Å². The quantitative estimate of drug-likeness (QED) is 0.455. The van der Waals surface area contributed by atoms with E-state index >= 15 is 0 Å². The first-order chi connectivity index (χ1) is 13.2. The zero-order valence-electron chi connectivity index (χ0n) is 15.8. The molecule has 0 N–H and O–H groups in total. The van der Waals surface area contributed by atoms with Crippen molar-refractivity contribution >= 4 is 0 Å². The summed E-state index contributed by atoms with van der Waals surface area (Å²) in [6.07, 6.45) is 30.7. The zero-order chi connectivity index (χ0) is 18.9. The van der Waals surface area contributed by atoms with Gasteiger partial charge in [-0.25, -0.2) is 0 Å². The van der Waals surface area contributed by atoms with Crippen LogP contribution in [-0.4, -0.2) is 0 Å². The number of rotatable bonds is 0. The van der Waals surface area contributed by atoms with Gasteiger partial charge in [0, 0.05) is 0 Å². The second kappa shape index (κ2) is 9.28. The van der Waals surface area contributed by atoms with E-state index in [9.17, 15) is 0 Å². The monoisotopic (exact) mass is 346 g/mol. The van der Waals surface area contributed by atoms with E-state index in [0.717, 1.165) is 23.1 Å². The highest BCUT2D eigenvalue weighted by Crippen LogP contribution is 2.23. The maximum Gasteiger partial charge on any atom is -0.0000494 e. The smallest absolute Gasteiger partial charge is 0.0000494 e. The van der Waals surface area contributed by atoms with Gasteiger partial charge < -0.3 is 0 Å². The topological polar surface area (TPSA) is 0 Å². The first kappa shape index (κ1) is 18.3. The summed E-state index contributed by atoms with van der Waals surface area (Å²) in [7, 11) is 0. The second-order valence-corrected chi connectivity index (χ2v) is 6.54. The highest BCUT2D eigenvalue weighted by Gasteiger charge is 2.04. The van der Waals surface area contributed by atoms with Gasteiger partial charge in [0.2, 0.25) is 0 Å². The predicted molar refractivity (Wildman–Crippen MR) is 117 cm³/mol. The molecule has 0 saturated heterocycles. The van der Waals surface area contributed by atoms with Crippen LogP contribution in [0, 0.1) is 23.7 Å². The fourth-order valence-corrected chi connectivity index (χ4v) is 2.77. The molecule has 0 amide bonds. The van der Waals surface area contributed by atoms with Crippen molar-refractivity contribution in [1.82, 2.24) is 0 Å². The number of hydrogen-bond acceptors (Lipinski definition) is 0.